The highest BCUT2D eigenvalue weighted by Crippen LogP contribution is 2.30. The molecule has 4 rings (SSSR count). The summed E-state index contributed by atoms with van der Waals surface area (Å²) in [6.07, 6.45) is 1.43. The van der Waals surface area contributed by atoms with Crippen LogP contribution in [0.2, 0.25) is 0 Å². The third-order valence-electron chi connectivity index (χ3n) is 3.98. The Morgan fingerprint density at radius 1 is 1.15 bits per heavy atom. The standard InChI is InChI=1S/C19H18N4O3S/c24-18(20-10-15-11-25-16-8-4-5-9-17(16)26-15)12-27-19-22-21-13-23(19)14-6-2-1-3-7-14/h1-9,13,15H,10-12H2,(H,20,24)/t15-/m1/s1. The highest BCUT2D eigenvalue weighted by atomic mass is 32.2. The number of carbonyl (C=O) groups is 1. The predicted octanol–water partition coefficient (Wildman–Crippen LogP) is 2.32. The summed E-state index contributed by atoms with van der Waals surface area (Å²) >= 11 is 1.34. The fraction of sp³-hybridized carbons (Fsp3) is 0.211. The fourth-order valence-corrected chi connectivity index (χ4v) is 3.42. The van der Waals surface area contributed by atoms with Gasteiger partial charge in [0.2, 0.25) is 5.91 Å². The Morgan fingerprint density at radius 3 is 2.78 bits per heavy atom. The van der Waals surface area contributed by atoms with Crippen LogP contribution in [0.4, 0.5) is 0 Å². The number of benzene rings is 2. The van der Waals surface area contributed by atoms with Gasteiger partial charge in [-0.25, -0.2) is 0 Å². The van der Waals surface area contributed by atoms with Gasteiger partial charge in [0.1, 0.15) is 19.0 Å². The number of nitrogens with zero attached hydrogens (tertiary/aromatic N) is 3. The van der Waals surface area contributed by atoms with Gasteiger partial charge >= 0.3 is 0 Å². The summed E-state index contributed by atoms with van der Waals surface area (Å²) in [5, 5.41) is 11.6. The van der Waals surface area contributed by atoms with Crippen molar-refractivity contribution in [2.75, 3.05) is 18.9 Å². The fourth-order valence-electron chi connectivity index (χ4n) is 2.66. The number of nitrogens with one attached hydrogen (secondary N) is 1. The monoisotopic (exact) mass is 382 g/mol. The van der Waals surface area contributed by atoms with Gasteiger partial charge in [-0.15, -0.1) is 10.2 Å². The van der Waals surface area contributed by atoms with Gasteiger partial charge in [0.05, 0.1) is 12.3 Å². The SMILES string of the molecule is O=C(CSc1nncn1-c1ccccc1)NC[C@@H]1COc2ccccc2O1. The maximum Gasteiger partial charge on any atom is 0.230 e. The molecule has 0 aliphatic carbocycles. The molecular formula is C19H18N4O3S. The van der Waals surface area contributed by atoms with Crippen LogP contribution in [-0.4, -0.2) is 45.7 Å². The van der Waals surface area contributed by atoms with Crippen molar-refractivity contribution < 1.29 is 14.3 Å². The molecule has 2 heterocycles. The van der Waals surface area contributed by atoms with Gasteiger partial charge < -0.3 is 14.8 Å². The van der Waals surface area contributed by atoms with Crippen LogP contribution in [0.15, 0.2) is 66.1 Å². The van der Waals surface area contributed by atoms with Gasteiger partial charge in [-0.05, 0) is 24.3 Å². The number of para-hydroxylation sites is 3. The van der Waals surface area contributed by atoms with Crippen LogP contribution in [-0.2, 0) is 4.79 Å². The largest absolute Gasteiger partial charge is 0.486 e. The van der Waals surface area contributed by atoms with Gasteiger partial charge in [-0.2, -0.15) is 0 Å². The third kappa shape index (κ3) is 4.22. The van der Waals surface area contributed by atoms with Crippen LogP contribution in [0.5, 0.6) is 11.5 Å². The topological polar surface area (TPSA) is 78.3 Å². The van der Waals surface area contributed by atoms with E-state index in [4.69, 9.17) is 9.47 Å². The zero-order chi connectivity index (χ0) is 18.5. The van der Waals surface area contributed by atoms with E-state index in [1.807, 2.05) is 59.2 Å². The molecule has 1 atom stereocenters. The number of fused-ring (bicyclic) bond motifs is 1. The summed E-state index contributed by atoms with van der Waals surface area (Å²) < 4.78 is 13.3. The van der Waals surface area contributed by atoms with Crippen molar-refractivity contribution >= 4 is 17.7 Å². The first-order valence-electron chi connectivity index (χ1n) is 8.53. The van der Waals surface area contributed by atoms with Crippen molar-refractivity contribution in [1.82, 2.24) is 20.1 Å². The summed E-state index contributed by atoms with van der Waals surface area (Å²) in [6, 6.07) is 17.3. The van der Waals surface area contributed by atoms with Gasteiger partial charge in [0.15, 0.2) is 16.7 Å². The molecule has 1 N–H and O–H groups in total. The molecule has 0 saturated carbocycles. The lowest BCUT2D eigenvalue weighted by Crippen LogP contribution is -2.41. The second-order valence-electron chi connectivity index (χ2n) is 5.91. The van der Waals surface area contributed by atoms with Crippen molar-refractivity contribution in [3.8, 4) is 17.2 Å². The summed E-state index contributed by atoms with van der Waals surface area (Å²) in [5.41, 5.74) is 0.955. The van der Waals surface area contributed by atoms with Crippen molar-refractivity contribution in [3.63, 3.8) is 0 Å². The molecule has 27 heavy (non-hydrogen) atoms. The van der Waals surface area contributed by atoms with Gasteiger partial charge in [-0.1, -0.05) is 42.1 Å². The van der Waals surface area contributed by atoms with E-state index in [9.17, 15) is 4.79 Å². The van der Waals surface area contributed by atoms with Crippen LogP contribution in [0.3, 0.4) is 0 Å². The molecule has 0 unspecified atom stereocenters. The normalized spacial score (nSPS) is 15.3. The van der Waals surface area contributed by atoms with Gasteiger partial charge in [0, 0.05) is 5.69 Å². The average Bonchev–Trinajstić information content (AvgIpc) is 3.20. The molecule has 1 aliphatic rings. The van der Waals surface area contributed by atoms with Crippen molar-refractivity contribution in [2.45, 2.75) is 11.3 Å². The third-order valence-corrected chi connectivity index (χ3v) is 4.92. The Balaban J connectivity index is 1.27. The van der Waals surface area contributed by atoms with Gasteiger partial charge in [-0.3, -0.25) is 9.36 Å². The molecule has 0 radical (unpaired) electrons. The van der Waals surface area contributed by atoms with E-state index < -0.39 is 0 Å². The minimum atomic E-state index is -0.207. The number of hydrogen-bond acceptors (Lipinski definition) is 6. The Hall–Kier alpha value is -3.00. The first-order chi connectivity index (χ1) is 13.3. The van der Waals surface area contributed by atoms with E-state index in [2.05, 4.69) is 15.5 Å². The van der Waals surface area contributed by atoms with Crippen molar-refractivity contribution in [3.05, 3.63) is 60.9 Å². The highest BCUT2D eigenvalue weighted by molar-refractivity contribution is 7.99. The van der Waals surface area contributed by atoms with Crippen molar-refractivity contribution in [2.24, 2.45) is 0 Å². The lowest BCUT2D eigenvalue weighted by molar-refractivity contribution is -0.119. The molecule has 1 aromatic heterocycles. The van der Waals surface area contributed by atoms with E-state index in [0.717, 1.165) is 11.4 Å². The molecular weight excluding hydrogens is 364 g/mol. The van der Waals surface area contributed by atoms with Crippen molar-refractivity contribution in [1.29, 1.82) is 0 Å². The number of aromatic nitrogens is 3. The Labute approximate surface area is 160 Å². The molecule has 8 heteroatoms. The average molecular weight is 382 g/mol. The van der Waals surface area contributed by atoms with Crippen LogP contribution < -0.4 is 14.8 Å². The number of carbonyl (C=O) groups excluding carboxylic acids is 1. The molecule has 0 fully saturated rings. The van der Waals surface area contributed by atoms with E-state index in [0.29, 0.717) is 24.1 Å². The summed E-state index contributed by atoms with van der Waals surface area (Å²) in [7, 11) is 0. The Morgan fingerprint density at radius 2 is 1.93 bits per heavy atom. The Kier molecular flexibility index (Phi) is 5.24. The first-order valence-corrected chi connectivity index (χ1v) is 9.51. The maximum atomic E-state index is 12.2. The number of amides is 1. The number of hydrogen-bond donors (Lipinski definition) is 1. The van der Waals surface area contributed by atoms with E-state index in [-0.39, 0.29) is 17.8 Å². The molecule has 0 spiro atoms. The first kappa shape index (κ1) is 17.4. The lowest BCUT2D eigenvalue weighted by atomic mass is 10.2. The zero-order valence-electron chi connectivity index (χ0n) is 14.4. The molecule has 0 saturated heterocycles. The Bertz CT molecular complexity index is 916. The van der Waals surface area contributed by atoms with Crippen LogP contribution >= 0.6 is 11.8 Å². The molecule has 1 aliphatic heterocycles. The highest BCUT2D eigenvalue weighted by Gasteiger charge is 2.21. The van der Waals surface area contributed by atoms with E-state index >= 15 is 0 Å². The number of rotatable bonds is 6. The molecule has 0 bridgehead atoms. The number of ether oxygens (including phenoxy) is 2. The van der Waals surface area contributed by atoms with E-state index in [1.54, 1.807) is 6.33 Å². The second kappa shape index (κ2) is 8.13. The van der Waals surface area contributed by atoms with Gasteiger partial charge in [0.25, 0.3) is 0 Å². The number of thioether (sulfide) groups is 1. The summed E-state index contributed by atoms with van der Waals surface area (Å²) in [5.74, 6) is 1.59. The molecule has 3 aromatic rings. The summed E-state index contributed by atoms with van der Waals surface area (Å²) in [4.78, 5) is 12.2. The zero-order valence-corrected chi connectivity index (χ0v) is 15.3. The van der Waals surface area contributed by atoms with E-state index in [1.165, 1.54) is 11.8 Å². The van der Waals surface area contributed by atoms with Crippen LogP contribution in [0.1, 0.15) is 0 Å². The molecule has 2 aromatic carbocycles. The predicted molar refractivity (Wildman–Crippen MR) is 101 cm³/mol. The molecule has 138 valence electrons. The summed E-state index contributed by atoms with van der Waals surface area (Å²) in [6.45, 7) is 0.797. The minimum Gasteiger partial charge on any atom is -0.486 e. The molecule has 1 amide bonds. The smallest absolute Gasteiger partial charge is 0.230 e. The molecule has 7 nitrogen and oxygen atoms in total. The second-order valence-corrected chi connectivity index (χ2v) is 6.85. The van der Waals surface area contributed by atoms with Crippen LogP contribution in [0, 0.1) is 0 Å². The van der Waals surface area contributed by atoms with Crippen LogP contribution in [0.25, 0.3) is 5.69 Å². The lowest BCUT2D eigenvalue weighted by Gasteiger charge is -2.26. The maximum absolute atomic E-state index is 12.2. The quantitative estimate of drug-likeness (QED) is 0.659. The minimum absolute atomic E-state index is 0.0925.